The minimum absolute atomic E-state index is 0.530. The average Bonchev–Trinajstić information content (AvgIpc) is 2.38. The molecule has 0 atom stereocenters. The quantitative estimate of drug-likeness (QED) is 0.812. The number of ether oxygens (including phenoxy) is 1. The molecule has 0 saturated heterocycles. The normalized spacial score (nSPS) is 10.2. The van der Waals surface area contributed by atoms with Crippen LogP contribution in [0.2, 0.25) is 0 Å². The van der Waals surface area contributed by atoms with Gasteiger partial charge in [0.1, 0.15) is 5.69 Å². The molecule has 0 unspecified atom stereocenters. The van der Waals surface area contributed by atoms with E-state index in [0.29, 0.717) is 23.3 Å². The number of rotatable bonds is 3. The zero-order valence-electron chi connectivity index (χ0n) is 10.9. The summed E-state index contributed by atoms with van der Waals surface area (Å²) in [6, 6.07) is 3.55. The highest BCUT2D eigenvalue weighted by Crippen LogP contribution is 2.18. The van der Waals surface area contributed by atoms with Gasteiger partial charge in [0, 0.05) is 32.1 Å². The Bertz CT molecular complexity index is 556. The van der Waals surface area contributed by atoms with Crippen LogP contribution < -0.4 is 9.64 Å². The van der Waals surface area contributed by atoms with Crippen molar-refractivity contribution in [2.75, 3.05) is 26.1 Å². The number of aromatic nitrogens is 4. The number of aryl methyl sites for hydroxylation is 1. The zero-order valence-corrected chi connectivity index (χ0v) is 10.9. The third-order valence-electron chi connectivity index (χ3n) is 2.31. The molecule has 0 aliphatic heterocycles. The maximum Gasteiger partial charge on any atom is 0.225 e. The first kappa shape index (κ1) is 12.2. The van der Waals surface area contributed by atoms with Crippen molar-refractivity contribution in [1.82, 2.24) is 19.9 Å². The van der Waals surface area contributed by atoms with Gasteiger partial charge in [-0.3, -0.25) is 0 Å². The number of hydrogen-bond acceptors (Lipinski definition) is 6. The minimum Gasteiger partial charge on any atom is -0.481 e. The fourth-order valence-corrected chi connectivity index (χ4v) is 1.45. The molecule has 0 aliphatic rings. The van der Waals surface area contributed by atoms with Crippen molar-refractivity contribution >= 4 is 5.95 Å². The van der Waals surface area contributed by atoms with Crippen LogP contribution in [0.4, 0.5) is 5.95 Å². The molecule has 18 heavy (non-hydrogen) atoms. The molecule has 0 fully saturated rings. The molecule has 94 valence electrons. The highest BCUT2D eigenvalue weighted by atomic mass is 16.5. The summed E-state index contributed by atoms with van der Waals surface area (Å²) in [5.74, 6) is 1.69. The molecule has 0 saturated carbocycles. The third-order valence-corrected chi connectivity index (χ3v) is 2.31. The van der Waals surface area contributed by atoms with Crippen molar-refractivity contribution < 1.29 is 4.74 Å². The lowest BCUT2D eigenvalue weighted by atomic mass is 10.3. The van der Waals surface area contributed by atoms with E-state index in [2.05, 4.69) is 19.9 Å². The molecule has 0 amide bonds. The number of methoxy groups -OCH3 is 1. The van der Waals surface area contributed by atoms with Crippen LogP contribution in [0.25, 0.3) is 11.5 Å². The van der Waals surface area contributed by atoms with Crippen LogP contribution in [0.3, 0.4) is 0 Å². The summed E-state index contributed by atoms with van der Waals surface area (Å²) >= 11 is 0. The molecule has 0 N–H and O–H groups in total. The van der Waals surface area contributed by atoms with E-state index in [0.717, 1.165) is 5.69 Å². The van der Waals surface area contributed by atoms with E-state index >= 15 is 0 Å². The van der Waals surface area contributed by atoms with Gasteiger partial charge in [0.2, 0.25) is 11.8 Å². The van der Waals surface area contributed by atoms with Crippen molar-refractivity contribution in [3.05, 3.63) is 24.0 Å². The Morgan fingerprint density at radius 3 is 2.61 bits per heavy atom. The maximum atomic E-state index is 5.13. The van der Waals surface area contributed by atoms with E-state index in [-0.39, 0.29) is 0 Å². The highest BCUT2D eigenvalue weighted by molar-refractivity contribution is 5.52. The largest absolute Gasteiger partial charge is 0.481 e. The van der Waals surface area contributed by atoms with E-state index in [4.69, 9.17) is 4.74 Å². The van der Waals surface area contributed by atoms with Gasteiger partial charge in [0.05, 0.1) is 7.11 Å². The Morgan fingerprint density at radius 2 is 1.94 bits per heavy atom. The van der Waals surface area contributed by atoms with Crippen LogP contribution in [-0.4, -0.2) is 41.1 Å². The van der Waals surface area contributed by atoms with Crippen LogP contribution in [0.5, 0.6) is 5.88 Å². The van der Waals surface area contributed by atoms with Gasteiger partial charge in [0.25, 0.3) is 0 Å². The Morgan fingerprint density at radius 1 is 1.17 bits per heavy atom. The summed E-state index contributed by atoms with van der Waals surface area (Å²) in [6.07, 6.45) is 1.69. The lowest BCUT2D eigenvalue weighted by Gasteiger charge is -2.10. The first-order chi connectivity index (χ1) is 8.60. The van der Waals surface area contributed by atoms with E-state index in [1.54, 1.807) is 25.4 Å². The molecule has 0 spiro atoms. The van der Waals surface area contributed by atoms with Gasteiger partial charge >= 0.3 is 0 Å². The first-order valence-electron chi connectivity index (χ1n) is 5.50. The lowest BCUT2D eigenvalue weighted by molar-refractivity contribution is 0.397. The predicted octanol–water partition coefficient (Wildman–Crippen LogP) is 1.32. The SMILES string of the molecule is COc1cc(C)nc(-c2ccnc(N(C)C)n2)n1. The number of anilines is 1. The van der Waals surface area contributed by atoms with E-state index in [1.807, 2.05) is 25.9 Å². The lowest BCUT2D eigenvalue weighted by Crippen LogP contribution is -2.13. The molecule has 0 bridgehead atoms. The van der Waals surface area contributed by atoms with Gasteiger partial charge in [-0.1, -0.05) is 0 Å². The Kier molecular flexibility index (Phi) is 3.36. The number of hydrogen-bond donors (Lipinski definition) is 0. The van der Waals surface area contributed by atoms with Crippen LogP contribution >= 0.6 is 0 Å². The Balaban J connectivity index is 2.47. The van der Waals surface area contributed by atoms with Crippen LogP contribution in [0, 0.1) is 6.92 Å². The molecule has 2 rings (SSSR count). The van der Waals surface area contributed by atoms with Gasteiger partial charge in [-0.15, -0.1) is 0 Å². The summed E-state index contributed by atoms with van der Waals surface area (Å²) < 4.78 is 5.13. The fraction of sp³-hybridized carbons (Fsp3) is 0.333. The zero-order chi connectivity index (χ0) is 13.1. The molecule has 2 heterocycles. The Labute approximate surface area is 106 Å². The average molecular weight is 245 g/mol. The van der Waals surface area contributed by atoms with Crippen LogP contribution in [0.1, 0.15) is 5.69 Å². The molecule has 0 radical (unpaired) electrons. The summed E-state index contributed by atoms with van der Waals surface area (Å²) in [5.41, 5.74) is 1.51. The molecular formula is C12H15N5O. The molecule has 6 heteroatoms. The third kappa shape index (κ3) is 2.53. The first-order valence-corrected chi connectivity index (χ1v) is 5.50. The van der Waals surface area contributed by atoms with Crippen molar-refractivity contribution in [2.45, 2.75) is 6.92 Å². The monoisotopic (exact) mass is 245 g/mol. The van der Waals surface area contributed by atoms with Gasteiger partial charge in [-0.2, -0.15) is 4.98 Å². The summed E-state index contributed by atoms with van der Waals surface area (Å²) in [6.45, 7) is 1.89. The summed E-state index contributed by atoms with van der Waals surface area (Å²) in [7, 11) is 5.35. The standard InChI is InChI=1S/C12H15N5O/c1-8-7-10(18-4)16-11(14-8)9-5-6-13-12(15-9)17(2)3/h5-7H,1-4H3. The molecular weight excluding hydrogens is 230 g/mol. The van der Waals surface area contributed by atoms with Gasteiger partial charge in [-0.05, 0) is 13.0 Å². The van der Waals surface area contributed by atoms with Crippen LogP contribution in [-0.2, 0) is 0 Å². The summed E-state index contributed by atoms with van der Waals surface area (Å²) in [4.78, 5) is 19.0. The highest BCUT2D eigenvalue weighted by Gasteiger charge is 2.08. The van der Waals surface area contributed by atoms with E-state index in [9.17, 15) is 0 Å². The second-order valence-corrected chi connectivity index (χ2v) is 4.01. The fourth-order valence-electron chi connectivity index (χ4n) is 1.45. The van der Waals surface area contributed by atoms with Gasteiger partial charge in [-0.25, -0.2) is 15.0 Å². The van der Waals surface area contributed by atoms with E-state index < -0.39 is 0 Å². The second kappa shape index (κ2) is 4.95. The smallest absolute Gasteiger partial charge is 0.225 e. The van der Waals surface area contributed by atoms with Crippen molar-refractivity contribution in [3.8, 4) is 17.4 Å². The Hall–Kier alpha value is -2.24. The predicted molar refractivity (Wildman–Crippen MR) is 68.7 cm³/mol. The van der Waals surface area contributed by atoms with Crippen molar-refractivity contribution in [1.29, 1.82) is 0 Å². The van der Waals surface area contributed by atoms with Crippen LogP contribution in [0.15, 0.2) is 18.3 Å². The second-order valence-electron chi connectivity index (χ2n) is 4.01. The van der Waals surface area contributed by atoms with Gasteiger partial charge in [0.15, 0.2) is 5.82 Å². The van der Waals surface area contributed by atoms with Gasteiger partial charge < -0.3 is 9.64 Å². The maximum absolute atomic E-state index is 5.13. The molecule has 2 aromatic heterocycles. The topological polar surface area (TPSA) is 64.0 Å². The molecule has 0 aliphatic carbocycles. The molecule has 0 aromatic carbocycles. The molecule has 2 aromatic rings. The molecule has 6 nitrogen and oxygen atoms in total. The van der Waals surface area contributed by atoms with Crippen molar-refractivity contribution in [3.63, 3.8) is 0 Å². The minimum atomic E-state index is 0.530. The summed E-state index contributed by atoms with van der Waals surface area (Å²) in [5, 5.41) is 0. The van der Waals surface area contributed by atoms with Crippen molar-refractivity contribution in [2.24, 2.45) is 0 Å². The van der Waals surface area contributed by atoms with E-state index in [1.165, 1.54) is 0 Å². The number of nitrogens with zero attached hydrogens (tertiary/aromatic N) is 5.